The van der Waals surface area contributed by atoms with E-state index in [1.165, 1.54) is 23.3 Å². The van der Waals surface area contributed by atoms with Crippen LogP contribution in [0.15, 0.2) is 23.2 Å². The van der Waals surface area contributed by atoms with Gasteiger partial charge in [-0.25, -0.2) is 0 Å². The fourth-order valence-corrected chi connectivity index (χ4v) is 1.14. The molecule has 1 aromatic carbocycles. The molecule has 0 aromatic heterocycles. The van der Waals surface area contributed by atoms with Crippen molar-refractivity contribution in [3.05, 3.63) is 29.6 Å². The molecule has 74 valence electrons. The van der Waals surface area contributed by atoms with Crippen LogP contribution in [0.4, 0.5) is 10.1 Å². The van der Waals surface area contributed by atoms with Gasteiger partial charge in [-0.3, -0.25) is 0 Å². The van der Waals surface area contributed by atoms with Gasteiger partial charge in [-0.2, -0.15) is 0 Å². The molecule has 1 rings (SSSR count). The summed E-state index contributed by atoms with van der Waals surface area (Å²) in [6.45, 7) is 5.66. The second-order valence-corrected chi connectivity index (χ2v) is 5.36. The van der Waals surface area contributed by atoms with Crippen LogP contribution < -0.4 is 0 Å². The van der Waals surface area contributed by atoms with Gasteiger partial charge < -0.3 is 0 Å². The van der Waals surface area contributed by atoms with Crippen LogP contribution in [-0.4, -0.2) is 9.61 Å². The summed E-state index contributed by atoms with van der Waals surface area (Å²) in [6, 6.07) is 5.27. The van der Waals surface area contributed by atoms with E-state index < -0.39 is 0 Å². The number of benzene rings is 1. The first-order valence-corrected chi connectivity index (χ1v) is 5.80. The zero-order valence-corrected chi connectivity index (χ0v) is 11.4. The van der Waals surface area contributed by atoms with Crippen LogP contribution >= 0.6 is 0 Å². The predicted molar refractivity (Wildman–Crippen MR) is 54.6 cm³/mol. The first kappa shape index (κ1) is 11.5. The zero-order valence-electron chi connectivity index (χ0n) is 8.47. The number of rotatable bonds is 2. The van der Waals surface area contributed by atoms with E-state index in [-0.39, 0.29) is 5.82 Å². The average Bonchev–Trinajstić information content (AvgIpc) is 2.12. The molecule has 1 nitrogen and oxygen atoms in total. The molecular weight excluding hydrogens is 349 g/mol. The molecule has 0 amide bonds. The molecule has 0 bridgehead atoms. The van der Waals surface area contributed by atoms with Crippen molar-refractivity contribution in [2.45, 2.75) is 20.8 Å². The van der Waals surface area contributed by atoms with E-state index in [9.17, 15) is 4.39 Å². The van der Waals surface area contributed by atoms with E-state index in [2.05, 4.69) is 4.99 Å². The fraction of sp³-hybridized carbons (Fsp3) is 0.273. The number of hydrogen-bond donors (Lipinski definition) is 0. The molecule has 0 aliphatic rings. The molecule has 0 aliphatic carbocycles. The molecule has 0 radical (unpaired) electrons. The maximum absolute atomic E-state index is 13.5. The molecule has 1 aromatic rings. The van der Waals surface area contributed by atoms with Gasteiger partial charge in [0.25, 0.3) is 0 Å². The molecule has 3 heteroatoms. The van der Waals surface area contributed by atoms with Gasteiger partial charge in [-0.05, 0) is 0 Å². The van der Waals surface area contributed by atoms with E-state index in [0.29, 0.717) is 11.3 Å². The summed E-state index contributed by atoms with van der Waals surface area (Å²) in [5.74, 6) is -0.219. The van der Waals surface area contributed by atoms with Crippen molar-refractivity contribution in [2.75, 3.05) is 0 Å². The number of hydrogen-bond acceptors (Lipinski definition) is 1. The Labute approximate surface area is 94.5 Å². The van der Waals surface area contributed by atoms with E-state index in [1.807, 2.05) is 19.9 Å². The van der Waals surface area contributed by atoms with Gasteiger partial charge in [0.2, 0.25) is 0 Å². The summed E-state index contributed by atoms with van der Waals surface area (Å²) < 4.78 is 14.7. The van der Waals surface area contributed by atoms with Crippen LogP contribution in [0.3, 0.4) is 0 Å². The van der Waals surface area contributed by atoms with Crippen LogP contribution in [0.5, 0.6) is 0 Å². The van der Waals surface area contributed by atoms with Gasteiger partial charge in [0.15, 0.2) is 0 Å². The third kappa shape index (κ3) is 2.68. The van der Waals surface area contributed by atoms with E-state index in [4.69, 9.17) is 0 Å². The number of halogens is 1. The maximum atomic E-state index is 13.5. The second-order valence-electron chi connectivity index (χ2n) is 3.16. The minimum atomic E-state index is -0.219. The summed E-state index contributed by atoms with van der Waals surface area (Å²) >= 11 is 1.37. The van der Waals surface area contributed by atoms with Gasteiger partial charge in [-0.15, -0.1) is 0 Å². The third-order valence-corrected chi connectivity index (χ3v) is 3.03. The Kier molecular flexibility index (Phi) is 3.88. The predicted octanol–water partition coefficient (Wildman–Crippen LogP) is 2.97. The quantitative estimate of drug-likeness (QED) is 0.719. The first-order valence-electron chi connectivity index (χ1n) is 4.33. The molecule has 0 spiro atoms. The second kappa shape index (κ2) is 4.74. The molecule has 0 saturated carbocycles. The van der Waals surface area contributed by atoms with Crippen molar-refractivity contribution in [3.8, 4) is 0 Å². The average molecular weight is 361 g/mol. The summed E-state index contributed by atoms with van der Waals surface area (Å²) in [5.41, 5.74) is 1.98. The van der Waals surface area contributed by atoms with Crippen molar-refractivity contribution in [1.82, 2.24) is 0 Å². The molecule has 0 unspecified atom stereocenters. The van der Waals surface area contributed by atoms with Gasteiger partial charge in [0.05, 0.1) is 0 Å². The Bertz CT molecular complexity index is 396. The Morgan fingerprint density at radius 1 is 1.36 bits per heavy atom. The number of aryl methyl sites for hydroxylation is 1. The Hall–Kier alpha value is -0.622. The monoisotopic (exact) mass is 361 g/mol. The van der Waals surface area contributed by atoms with Gasteiger partial charge in [-0.1, -0.05) is 0 Å². The van der Waals surface area contributed by atoms with Crippen LogP contribution in [0.25, 0.3) is 0 Å². The molecule has 0 fully saturated rings. The Morgan fingerprint density at radius 3 is 2.57 bits per heavy atom. The zero-order chi connectivity index (χ0) is 10.7. The Morgan fingerprint density at radius 2 is 2.00 bits per heavy atom. The van der Waals surface area contributed by atoms with Gasteiger partial charge in [0, 0.05) is 0 Å². The van der Waals surface area contributed by atoms with Crippen molar-refractivity contribution in [2.24, 2.45) is 4.99 Å². The van der Waals surface area contributed by atoms with E-state index in [1.54, 1.807) is 19.1 Å². The van der Waals surface area contributed by atoms with Crippen LogP contribution in [0, 0.1) is 12.7 Å². The summed E-state index contributed by atoms with van der Waals surface area (Å²) in [5, 5.41) is 0. The van der Waals surface area contributed by atoms with E-state index >= 15 is 0 Å². The molecule has 14 heavy (non-hydrogen) atoms. The van der Waals surface area contributed by atoms with Gasteiger partial charge in [0.1, 0.15) is 0 Å². The van der Waals surface area contributed by atoms with Gasteiger partial charge >= 0.3 is 94.4 Å². The van der Waals surface area contributed by atoms with Crippen molar-refractivity contribution < 1.29 is 23.7 Å². The number of aliphatic imine (C=N–C) groups is 1. The normalized spacial score (nSPS) is 11.6. The molecule has 0 saturated heterocycles. The Balaban J connectivity index is 3.15. The SMILES string of the molecule is C[C](=[W])C(C)=Nc1cccc(C)c1F. The minimum absolute atomic E-state index is 0.219. The summed E-state index contributed by atoms with van der Waals surface area (Å²) in [6.07, 6.45) is 0. The van der Waals surface area contributed by atoms with Crippen molar-refractivity contribution in [1.29, 1.82) is 0 Å². The molecule has 0 N–H and O–H groups in total. The van der Waals surface area contributed by atoms with Crippen LogP contribution in [0.1, 0.15) is 19.4 Å². The summed E-state index contributed by atoms with van der Waals surface area (Å²) in [4.78, 5) is 4.24. The van der Waals surface area contributed by atoms with Crippen LogP contribution in [0.2, 0.25) is 0 Å². The van der Waals surface area contributed by atoms with Crippen molar-refractivity contribution in [3.63, 3.8) is 0 Å². The topological polar surface area (TPSA) is 12.4 Å². The number of nitrogens with zero attached hydrogens (tertiary/aromatic N) is 1. The first-order chi connectivity index (χ1) is 6.52. The fourth-order valence-electron chi connectivity index (χ4n) is 0.978. The molecule has 0 aliphatic heterocycles. The van der Waals surface area contributed by atoms with E-state index in [0.717, 1.165) is 5.71 Å². The molecule has 0 atom stereocenters. The van der Waals surface area contributed by atoms with Crippen LogP contribution in [-0.2, 0) is 19.4 Å². The molecule has 0 heterocycles. The summed E-state index contributed by atoms with van der Waals surface area (Å²) in [7, 11) is 0. The standard InChI is InChI=1S/C11H12FN.W/c1-4-9(3)13-10-7-5-6-8(2)11(10)12;/h5-7H,1-3H3;. The molecular formula is C11H12FNW. The van der Waals surface area contributed by atoms with Crippen molar-refractivity contribution >= 4 is 15.3 Å². The third-order valence-electron chi connectivity index (χ3n) is 1.97.